The molecule has 3 rings (SSSR count). The second-order valence-corrected chi connectivity index (χ2v) is 6.63. The molecule has 0 aromatic heterocycles. The van der Waals surface area contributed by atoms with Gasteiger partial charge in [0.05, 0.1) is 0 Å². The van der Waals surface area contributed by atoms with Crippen molar-refractivity contribution in [1.29, 1.82) is 0 Å². The Morgan fingerprint density at radius 1 is 0.893 bits per heavy atom. The number of anilines is 2. The third-order valence-electron chi connectivity index (χ3n) is 3.87. The van der Waals surface area contributed by atoms with Crippen LogP contribution in [-0.4, -0.2) is 18.4 Å². The smallest absolute Gasteiger partial charge is 0.262 e. The fourth-order valence-electron chi connectivity index (χ4n) is 2.54. The van der Waals surface area contributed by atoms with Gasteiger partial charge in [0.2, 0.25) is 0 Å². The van der Waals surface area contributed by atoms with Gasteiger partial charge in [0.15, 0.2) is 6.61 Å². The zero-order valence-corrected chi connectivity index (χ0v) is 16.0. The molecule has 0 spiro atoms. The summed E-state index contributed by atoms with van der Waals surface area (Å²) in [4.78, 5) is 24.5. The highest BCUT2D eigenvalue weighted by Crippen LogP contribution is 2.17. The number of ether oxygens (including phenoxy) is 1. The lowest BCUT2D eigenvalue weighted by Gasteiger charge is -2.10. The Morgan fingerprint density at radius 3 is 2.29 bits per heavy atom. The van der Waals surface area contributed by atoms with E-state index in [4.69, 9.17) is 16.3 Å². The highest BCUT2D eigenvalue weighted by Gasteiger charge is 2.09. The van der Waals surface area contributed by atoms with Crippen molar-refractivity contribution in [1.82, 2.24) is 0 Å². The first-order valence-electron chi connectivity index (χ1n) is 8.66. The van der Waals surface area contributed by atoms with E-state index in [1.807, 2.05) is 31.2 Å². The Labute approximate surface area is 168 Å². The molecule has 0 saturated carbocycles. The summed E-state index contributed by atoms with van der Waals surface area (Å²) in [5.41, 5.74) is 2.73. The molecule has 3 aromatic carbocycles. The zero-order chi connectivity index (χ0) is 19.9. The molecule has 0 heterocycles. The van der Waals surface area contributed by atoms with Crippen LogP contribution in [0.15, 0.2) is 72.8 Å². The summed E-state index contributed by atoms with van der Waals surface area (Å²) in [6.07, 6.45) is 0. The molecule has 0 atom stereocenters. The SMILES string of the molecule is Cc1cccc(NC(=O)c2cccc(NC(=O)COc3ccc(Cl)cc3)c2)c1. The molecule has 0 fully saturated rings. The number of benzene rings is 3. The van der Waals surface area contributed by atoms with Crippen LogP contribution in [0.1, 0.15) is 15.9 Å². The lowest BCUT2D eigenvalue weighted by atomic mass is 10.1. The molecule has 0 bridgehead atoms. The molecule has 0 aliphatic rings. The summed E-state index contributed by atoms with van der Waals surface area (Å²) in [7, 11) is 0. The first kappa shape index (κ1) is 19.5. The molecule has 0 saturated heterocycles. The molecule has 5 nitrogen and oxygen atoms in total. The number of amides is 2. The summed E-state index contributed by atoms with van der Waals surface area (Å²) in [6.45, 7) is 1.80. The van der Waals surface area contributed by atoms with Crippen molar-refractivity contribution >= 4 is 34.8 Å². The maximum absolute atomic E-state index is 12.4. The predicted molar refractivity (Wildman–Crippen MR) is 111 cm³/mol. The standard InChI is InChI=1S/C22H19ClN2O3/c1-15-4-2-6-18(12-15)25-22(27)16-5-3-7-19(13-16)24-21(26)14-28-20-10-8-17(23)9-11-20/h2-13H,14H2,1H3,(H,24,26)(H,25,27). The van der Waals surface area contributed by atoms with Crippen molar-refractivity contribution < 1.29 is 14.3 Å². The number of rotatable bonds is 6. The summed E-state index contributed by atoms with van der Waals surface area (Å²) >= 11 is 5.81. The van der Waals surface area contributed by atoms with Gasteiger partial charge in [-0.3, -0.25) is 9.59 Å². The molecule has 0 aliphatic heterocycles. The Hall–Kier alpha value is -3.31. The zero-order valence-electron chi connectivity index (χ0n) is 15.2. The number of carbonyl (C=O) groups excluding carboxylic acids is 2. The van der Waals surface area contributed by atoms with Gasteiger partial charge in [0.25, 0.3) is 11.8 Å². The minimum absolute atomic E-state index is 0.151. The van der Waals surface area contributed by atoms with Gasteiger partial charge in [-0.05, 0) is 67.1 Å². The monoisotopic (exact) mass is 394 g/mol. The third kappa shape index (κ3) is 5.59. The van der Waals surface area contributed by atoms with Crippen molar-refractivity contribution in [3.05, 3.63) is 88.9 Å². The number of hydrogen-bond donors (Lipinski definition) is 2. The van der Waals surface area contributed by atoms with Gasteiger partial charge in [0.1, 0.15) is 5.75 Å². The van der Waals surface area contributed by atoms with Gasteiger partial charge in [-0.1, -0.05) is 29.8 Å². The maximum Gasteiger partial charge on any atom is 0.262 e. The van der Waals surface area contributed by atoms with Crippen LogP contribution < -0.4 is 15.4 Å². The highest BCUT2D eigenvalue weighted by atomic mass is 35.5. The molecule has 2 N–H and O–H groups in total. The number of hydrogen-bond acceptors (Lipinski definition) is 3. The van der Waals surface area contributed by atoms with Crippen LogP contribution in [0.5, 0.6) is 5.75 Å². The van der Waals surface area contributed by atoms with Crippen molar-refractivity contribution in [3.8, 4) is 5.75 Å². The number of carbonyl (C=O) groups is 2. The lowest BCUT2D eigenvalue weighted by molar-refractivity contribution is -0.118. The lowest BCUT2D eigenvalue weighted by Crippen LogP contribution is -2.20. The average Bonchev–Trinajstić information content (AvgIpc) is 2.68. The second-order valence-electron chi connectivity index (χ2n) is 6.20. The molecule has 3 aromatic rings. The maximum atomic E-state index is 12.4. The second kappa shape index (κ2) is 9.06. The van der Waals surface area contributed by atoms with E-state index in [-0.39, 0.29) is 18.4 Å². The van der Waals surface area contributed by atoms with Crippen LogP contribution in [0.3, 0.4) is 0 Å². The molecular weight excluding hydrogens is 376 g/mol. The number of aryl methyl sites for hydroxylation is 1. The molecule has 0 unspecified atom stereocenters. The minimum Gasteiger partial charge on any atom is -0.484 e. The molecule has 28 heavy (non-hydrogen) atoms. The van der Waals surface area contributed by atoms with E-state index in [0.29, 0.717) is 22.0 Å². The molecule has 0 radical (unpaired) electrons. The Morgan fingerprint density at radius 2 is 1.57 bits per heavy atom. The number of halogens is 1. The molecule has 142 valence electrons. The van der Waals surface area contributed by atoms with Crippen molar-refractivity contribution in [3.63, 3.8) is 0 Å². The van der Waals surface area contributed by atoms with Crippen LogP contribution in [0, 0.1) is 6.92 Å². The third-order valence-corrected chi connectivity index (χ3v) is 4.12. The number of nitrogens with one attached hydrogen (secondary N) is 2. The van der Waals surface area contributed by atoms with E-state index >= 15 is 0 Å². The largest absolute Gasteiger partial charge is 0.484 e. The molecule has 6 heteroatoms. The van der Waals surface area contributed by atoms with Crippen LogP contribution >= 0.6 is 11.6 Å². The molecular formula is C22H19ClN2O3. The molecule has 0 aliphatic carbocycles. The highest BCUT2D eigenvalue weighted by molar-refractivity contribution is 6.30. The first-order valence-corrected chi connectivity index (χ1v) is 9.04. The van der Waals surface area contributed by atoms with E-state index in [0.717, 1.165) is 11.3 Å². The van der Waals surface area contributed by atoms with Gasteiger partial charge in [0, 0.05) is 22.0 Å². The normalized spacial score (nSPS) is 10.2. The van der Waals surface area contributed by atoms with Crippen LogP contribution in [0.4, 0.5) is 11.4 Å². The van der Waals surface area contributed by atoms with Crippen LogP contribution in [0.25, 0.3) is 0 Å². The summed E-state index contributed by atoms with van der Waals surface area (Å²) in [6, 6.07) is 21.0. The molecule has 2 amide bonds. The van der Waals surface area contributed by atoms with E-state index in [1.54, 1.807) is 48.5 Å². The van der Waals surface area contributed by atoms with E-state index in [1.165, 1.54) is 0 Å². The van der Waals surface area contributed by atoms with E-state index in [9.17, 15) is 9.59 Å². The summed E-state index contributed by atoms with van der Waals surface area (Å²) < 4.78 is 5.41. The van der Waals surface area contributed by atoms with Gasteiger partial charge >= 0.3 is 0 Å². The topological polar surface area (TPSA) is 67.4 Å². The summed E-state index contributed by atoms with van der Waals surface area (Å²) in [5.74, 6) is -0.0314. The first-order chi connectivity index (χ1) is 13.5. The fraction of sp³-hybridized carbons (Fsp3) is 0.0909. The van der Waals surface area contributed by atoms with Gasteiger partial charge in [-0.2, -0.15) is 0 Å². The van der Waals surface area contributed by atoms with Gasteiger partial charge in [-0.25, -0.2) is 0 Å². The fourth-order valence-corrected chi connectivity index (χ4v) is 2.67. The van der Waals surface area contributed by atoms with Crippen LogP contribution in [0.2, 0.25) is 5.02 Å². The average molecular weight is 395 g/mol. The van der Waals surface area contributed by atoms with Gasteiger partial charge < -0.3 is 15.4 Å². The Balaban J connectivity index is 1.58. The van der Waals surface area contributed by atoms with Gasteiger partial charge in [-0.15, -0.1) is 0 Å². The van der Waals surface area contributed by atoms with Crippen molar-refractivity contribution in [2.75, 3.05) is 17.2 Å². The van der Waals surface area contributed by atoms with Crippen molar-refractivity contribution in [2.45, 2.75) is 6.92 Å². The van der Waals surface area contributed by atoms with E-state index in [2.05, 4.69) is 10.6 Å². The quantitative estimate of drug-likeness (QED) is 0.623. The predicted octanol–water partition coefficient (Wildman–Crippen LogP) is 4.92. The van der Waals surface area contributed by atoms with E-state index < -0.39 is 0 Å². The summed E-state index contributed by atoms with van der Waals surface area (Å²) in [5, 5.41) is 6.16. The Bertz CT molecular complexity index is 987. The Kier molecular flexibility index (Phi) is 6.29. The minimum atomic E-state index is -0.328. The van der Waals surface area contributed by atoms with Crippen molar-refractivity contribution in [2.24, 2.45) is 0 Å². The van der Waals surface area contributed by atoms with Crippen LogP contribution in [-0.2, 0) is 4.79 Å².